The Morgan fingerprint density at radius 3 is 2.73 bits per heavy atom. The zero-order valence-electron chi connectivity index (χ0n) is 7.44. The molecule has 0 N–H and O–H groups in total. The van der Waals surface area contributed by atoms with Gasteiger partial charge in [-0.1, -0.05) is 22.0 Å². The molecule has 1 aromatic heterocycles. The van der Waals surface area contributed by atoms with Crippen LogP contribution in [-0.4, -0.2) is 14.8 Å². The van der Waals surface area contributed by atoms with Crippen molar-refractivity contribution in [2.45, 2.75) is 6.43 Å². The fourth-order valence-electron chi connectivity index (χ4n) is 1.23. The van der Waals surface area contributed by atoms with Crippen molar-refractivity contribution in [3.63, 3.8) is 0 Å². The third-order valence-corrected chi connectivity index (χ3v) is 2.39. The molecule has 15 heavy (non-hydrogen) atoms. The van der Waals surface area contributed by atoms with Gasteiger partial charge < -0.3 is 0 Å². The standard InChI is InChI=1S/C9H6BrF2N3/c10-6-1-2-7(9(11)12)8(3-6)15-5-13-4-14-15/h1-5,9H. The molecule has 78 valence electrons. The van der Waals surface area contributed by atoms with Crippen LogP contribution < -0.4 is 0 Å². The Morgan fingerprint density at radius 2 is 2.13 bits per heavy atom. The molecule has 0 atom stereocenters. The molecule has 0 aliphatic heterocycles. The van der Waals surface area contributed by atoms with Gasteiger partial charge in [0, 0.05) is 10.0 Å². The Hall–Kier alpha value is -1.30. The van der Waals surface area contributed by atoms with E-state index in [1.165, 1.54) is 23.4 Å². The highest BCUT2D eigenvalue weighted by atomic mass is 79.9. The summed E-state index contributed by atoms with van der Waals surface area (Å²) in [5.74, 6) is 0. The molecule has 6 heteroatoms. The molecule has 0 saturated heterocycles. The highest BCUT2D eigenvalue weighted by Crippen LogP contribution is 2.27. The lowest BCUT2D eigenvalue weighted by Crippen LogP contribution is -2.00. The van der Waals surface area contributed by atoms with Gasteiger partial charge in [-0.3, -0.25) is 0 Å². The second-order valence-corrected chi connectivity index (χ2v) is 3.76. The molecule has 0 amide bonds. The first kappa shape index (κ1) is 10.2. The average Bonchev–Trinajstić information content (AvgIpc) is 2.69. The lowest BCUT2D eigenvalue weighted by molar-refractivity contribution is 0.151. The summed E-state index contributed by atoms with van der Waals surface area (Å²) in [6, 6.07) is 4.52. The van der Waals surface area contributed by atoms with E-state index in [-0.39, 0.29) is 5.56 Å². The Balaban J connectivity index is 2.58. The van der Waals surface area contributed by atoms with Gasteiger partial charge in [0.1, 0.15) is 12.7 Å². The smallest absolute Gasteiger partial charge is 0.223 e. The van der Waals surface area contributed by atoms with Gasteiger partial charge in [0.2, 0.25) is 0 Å². The zero-order chi connectivity index (χ0) is 10.8. The normalized spacial score (nSPS) is 10.9. The van der Waals surface area contributed by atoms with Crippen LogP contribution in [0, 0.1) is 0 Å². The number of hydrogen-bond donors (Lipinski definition) is 0. The Morgan fingerprint density at radius 1 is 1.33 bits per heavy atom. The van der Waals surface area contributed by atoms with E-state index in [1.54, 1.807) is 12.1 Å². The molecule has 0 radical (unpaired) electrons. The Bertz CT molecular complexity index is 456. The van der Waals surface area contributed by atoms with E-state index < -0.39 is 6.43 Å². The number of rotatable bonds is 2. The number of halogens is 3. The number of hydrogen-bond acceptors (Lipinski definition) is 2. The molecule has 2 aromatic rings. The number of alkyl halides is 2. The Kier molecular flexibility index (Phi) is 2.77. The van der Waals surface area contributed by atoms with E-state index in [2.05, 4.69) is 26.0 Å². The summed E-state index contributed by atoms with van der Waals surface area (Å²) >= 11 is 3.22. The van der Waals surface area contributed by atoms with Crippen LogP contribution in [0.4, 0.5) is 8.78 Å². The molecule has 0 bridgehead atoms. The summed E-state index contributed by atoms with van der Waals surface area (Å²) in [5, 5.41) is 3.82. The van der Waals surface area contributed by atoms with Crippen molar-refractivity contribution in [3.8, 4) is 5.69 Å². The monoisotopic (exact) mass is 273 g/mol. The SMILES string of the molecule is FC(F)c1ccc(Br)cc1-n1cncn1. The molecule has 0 aliphatic rings. The molecular weight excluding hydrogens is 268 g/mol. The van der Waals surface area contributed by atoms with Crippen molar-refractivity contribution in [1.82, 2.24) is 14.8 Å². The van der Waals surface area contributed by atoms with Gasteiger partial charge in [-0.15, -0.1) is 0 Å². The fourth-order valence-corrected chi connectivity index (χ4v) is 1.58. The van der Waals surface area contributed by atoms with Crippen LogP contribution in [0.2, 0.25) is 0 Å². The minimum atomic E-state index is -2.53. The van der Waals surface area contributed by atoms with E-state index in [9.17, 15) is 8.78 Å². The fraction of sp³-hybridized carbons (Fsp3) is 0.111. The molecule has 0 unspecified atom stereocenters. The predicted octanol–water partition coefficient (Wildman–Crippen LogP) is 2.97. The Labute approximate surface area is 92.9 Å². The second-order valence-electron chi connectivity index (χ2n) is 2.84. The first-order chi connectivity index (χ1) is 7.18. The molecule has 0 saturated carbocycles. The van der Waals surface area contributed by atoms with Gasteiger partial charge in [0.15, 0.2) is 0 Å². The molecule has 1 heterocycles. The highest BCUT2D eigenvalue weighted by Gasteiger charge is 2.14. The van der Waals surface area contributed by atoms with Crippen LogP contribution in [0.25, 0.3) is 5.69 Å². The van der Waals surface area contributed by atoms with Crippen LogP contribution in [0.1, 0.15) is 12.0 Å². The van der Waals surface area contributed by atoms with Crippen LogP contribution in [0.5, 0.6) is 0 Å². The molecular formula is C9H6BrF2N3. The lowest BCUT2D eigenvalue weighted by atomic mass is 10.2. The van der Waals surface area contributed by atoms with Crippen LogP contribution >= 0.6 is 15.9 Å². The van der Waals surface area contributed by atoms with E-state index >= 15 is 0 Å². The summed E-state index contributed by atoms with van der Waals surface area (Å²) < 4.78 is 27.4. The van der Waals surface area contributed by atoms with E-state index in [4.69, 9.17) is 0 Å². The van der Waals surface area contributed by atoms with Gasteiger partial charge in [0.05, 0.1) is 5.69 Å². The number of benzene rings is 1. The lowest BCUT2D eigenvalue weighted by Gasteiger charge is -2.08. The van der Waals surface area contributed by atoms with Gasteiger partial charge in [-0.2, -0.15) is 5.10 Å². The van der Waals surface area contributed by atoms with Gasteiger partial charge in [-0.25, -0.2) is 18.4 Å². The van der Waals surface area contributed by atoms with Crippen LogP contribution in [-0.2, 0) is 0 Å². The van der Waals surface area contributed by atoms with Crippen molar-refractivity contribution in [2.24, 2.45) is 0 Å². The third-order valence-electron chi connectivity index (χ3n) is 1.89. The summed E-state index contributed by atoms with van der Waals surface area (Å²) in [5.41, 5.74) is 0.264. The minimum Gasteiger partial charge on any atom is -0.223 e. The summed E-state index contributed by atoms with van der Waals surface area (Å²) in [7, 11) is 0. The molecule has 2 rings (SSSR count). The molecule has 0 aliphatic carbocycles. The van der Waals surface area contributed by atoms with Crippen molar-refractivity contribution in [3.05, 3.63) is 40.9 Å². The van der Waals surface area contributed by atoms with E-state index in [0.717, 1.165) is 4.47 Å². The highest BCUT2D eigenvalue weighted by molar-refractivity contribution is 9.10. The maximum absolute atomic E-state index is 12.7. The first-order valence-electron chi connectivity index (χ1n) is 4.11. The molecule has 3 nitrogen and oxygen atoms in total. The maximum Gasteiger partial charge on any atom is 0.265 e. The minimum absolute atomic E-state index is 0.0660. The second kappa shape index (κ2) is 4.06. The van der Waals surface area contributed by atoms with Crippen molar-refractivity contribution in [2.75, 3.05) is 0 Å². The largest absolute Gasteiger partial charge is 0.265 e. The molecule has 1 aromatic carbocycles. The average molecular weight is 274 g/mol. The van der Waals surface area contributed by atoms with Gasteiger partial charge >= 0.3 is 0 Å². The summed E-state index contributed by atoms with van der Waals surface area (Å²) in [6.45, 7) is 0. The summed E-state index contributed by atoms with van der Waals surface area (Å²) in [6.07, 6.45) is 0.154. The van der Waals surface area contributed by atoms with Gasteiger partial charge in [0.25, 0.3) is 6.43 Å². The quantitative estimate of drug-likeness (QED) is 0.842. The first-order valence-corrected chi connectivity index (χ1v) is 4.90. The third kappa shape index (κ3) is 2.04. The van der Waals surface area contributed by atoms with Crippen LogP contribution in [0.15, 0.2) is 35.3 Å². The van der Waals surface area contributed by atoms with Gasteiger partial charge in [-0.05, 0) is 12.1 Å². The van der Waals surface area contributed by atoms with Crippen molar-refractivity contribution < 1.29 is 8.78 Å². The number of aromatic nitrogens is 3. The maximum atomic E-state index is 12.7. The van der Waals surface area contributed by atoms with E-state index in [0.29, 0.717) is 5.69 Å². The van der Waals surface area contributed by atoms with Crippen molar-refractivity contribution >= 4 is 15.9 Å². The topological polar surface area (TPSA) is 30.7 Å². The summed E-state index contributed by atoms with van der Waals surface area (Å²) in [4.78, 5) is 3.72. The molecule has 0 fully saturated rings. The predicted molar refractivity (Wildman–Crippen MR) is 54.0 cm³/mol. The van der Waals surface area contributed by atoms with Crippen LogP contribution in [0.3, 0.4) is 0 Å². The molecule has 0 spiro atoms. The van der Waals surface area contributed by atoms with E-state index in [1.807, 2.05) is 0 Å². The van der Waals surface area contributed by atoms with Crippen molar-refractivity contribution in [1.29, 1.82) is 0 Å². The zero-order valence-corrected chi connectivity index (χ0v) is 9.03. The number of nitrogens with zero attached hydrogens (tertiary/aromatic N) is 3.